The van der Waals surface area contributed by atoms with Gasteiger partial charge in [0.15, 0.2) is 0 Å². The SMILES string of the molecule is CCC(N)Cc1cccc(Cl)c1SCCOC. The molecule has 1 rings (SSSR count). The minimum Gasteiger partial charge on any atom is -0.384 e. The van der Waals surface area contributed by atoms with Crippen LogP contribution in [0, 0.1) is 0 Å². The van der Waals surface area contributed by atoms with Crippen molar-refractivity contribution in [3.8, 4) is 0 Å². The van der Waals surface area contributed by atoms with Gasteiger partial charge in [-0.25, -0.2) is 0 Å². The topological polar surface area (TPSA) is 35.2 Å². The van der Waals surface area contributed by atoms with Crippen LogP contribution in [0.2, 0.25) is 5.02 Å². The Morgan fingerprint density at radius 3 is 2.88 bits per heavy atom. The normalized spacial score (nSPS) is 12.7. The Kier molecular flexibility index (Phi) is 6.97. The molecule has 1 atom stereocenters. The molecule has 17 heavy (non-hydrogen) atoms. The predicted octanol–water partition coefficient (Wildman–Crippen LogP) is 3.36. The second-order valence-electron chi connectivity index (χ2n) is 3.94. The number of nitrogens with two attached hydrogens (primary N) is 1. The number of hydrogen-bond acceptors (Lipinski definition) is 3. The van der Waals surface area contributed by atoms with Crippen LogP contribution in [0.1, 0.15) is 18.9 Å². The Balaban J connectivity index is 2.76. The minimum absolute atomic E-state index is 0.204. The lowest BCUT2D eigenvalue weighted by Gasteiger charge is -2.14. The molecule has 1 unspecified atom stereocenters. The van der Waals surface area contributed by atoms with Crippen molar-refractivity contribution in [1.82, 2.24) is 0 Å². The highest BCUT2D eigenvalue weighted by Gasteiger charge is 2.10. The van der Waals surface area contributed by atoms with E-state index in [0.29, 0.717) is 0 Å². The lowest BCUT2D eigenvalue weighted by atomic mass is 10.0. The number of thioether (sulfide) groups is 1. The summed E-state index contributed by atoms with van der Waals surface area (Å²) in [5.41, 5.74) is 7.25. The molecule has 2 N–H and O–H groups in total. The third-order valence-corrected chi connectivity index (χ3v) is 4.16. The zero-order valence-electron chi connectivity index (χ0n) is 10.4. The number of halogens is 1. The number of ether oxygens (including phenoxy) is 1. The third-order valence-electron chi connectivity index (χ3n) is 2.59. The van der Waals surface area contributed by atoms with Gasteiger partial charge in [0.25, 0.3) is 0 Å². The Morgan fingerprint density at radius 1 is 1.47 bits per heavy atom. The first-order valence-electron chi connectivity index (χ1n) is 5.83. The summed E-state index contributed by atoms with van der Waals surface area (Å²) in [4.78, 5) is 1.15. The molecule has 0 amide bonds. The Morgan fingerprint density at radius 2 is 2.24 bits per heavy atom. The molecule has 0 bridgehead atoms. The quantitative estimate of drug-likeness (QED) is 0.611. The largest absolute Gasteiger partial charge is 0.384 e. The molecule has 0 aliphatic carbocycles. The molecule has 0 radical (unpaired) electrons. The van der Waals surface area contributed by atoms with Gasteiger partial charge in [0.05, 0.1) is 11.6 Å². The second kappa shape index (κ2) is 7.98. The summed E-state index contributed by atoms with van der Waals surface area (Å²) in [5, 5.41) is 0.812. The molecule has 0 saturated heterocycles. The maximum atomic E-state index is 6.23. The van der Waals surface area contributed by atoms with E-state index >= 15 is 0 Å². The van der Waals surface area contributed by atoms with Crippen LogP contribution in [-0.2, 0) is 11.2 Å². The lowest BCUT2D eigenvalue weighted by Crippen LogP contribution is -2.21. The molecule has 0 spiro atoms. The molecule has 4 heteroatoms. The summed E-state index contributed by atoms with van der Waals surface area (Å²) >= 11 is 7.97. The van der Waals surface area contributed by atoms with Crippen LogP contribution < -0.4 is 5.73 Å². The zero-order chi connectivity index (χ0) is 12.7. The molecule has 0 saturated carbocycles. The first-order chi connectivity index (χ1) is 8.19. The first kappa shape index (κ1) is 14.8. The molecule has 0 fully saturated rings. The van der Waals surface area contributed by atoms with Crippen LogP contribution in [0.25, 0.3) is 0 Å². The van der Waals surface area contributed by atoms with Gasteiger partial charge in [-0.1, -0.05) is 30.7 Å². The van der Waals surface area contributed by atoms with Crippen molar-refractivity contribution in [3.05, 3.63) is 28.8 Å². The maximum Gasteiger partial charge on any atom is 0.0556 e. The highest BCUT2D eigenvalue weighted by Crippen LogP contribution is 2.31. The van der Waals surface area contributed by atoms with Gasteiger partial charge in [0.1, 0.15) is 0 Å². The van der Waals surface area contributed by atoms with E-state index in [1.54, 1.807) is 18.9 Å². The number of benzene rings is 1. The molecule has 1 aromatic carbocycles. The fourth-order valence-corrected chi connectivity index (χ4v) is 2.88. The van der Waals surface area contributed by atoms with Crippen LogP contribution >= 0.6 is 23.4 Å². The van der Waals surface area contributed by atoms with E-state index in [1.807, 2.05) is 12.1 Å². The number of rotatable bonds is 7. The molecule has 0 aliphatic rings. The Bertz CT molecular complexity index is 346. The minimum atomic E-state index is 0.204. The average Bonchev–Trinajstić information content (AvgIpc) is 2.32. The van der Waals surface area contributed by atoms with E-state index in [-0.39, 0.29) is 6.04 Å². The van der Waals surface area contributed by atoms with Crippen LogP contribution in [-0.4, -0.2) is 25.5 Å². The van der Waals surface area contributed by atoms with E-state index in [9.17, 15) is 0 Å². The van der Waals surface area contributed by atoms with E-state index in [4.69, 9.17) is 22.1 Å². The second-order valence-corrected chi connectivity index (χ2v) is 5.45. The van der Waals surface area contributed by atoms with Gasteiger partial charge in [-0.15, -0.1) is 11.8 Å². The van der Waals surface area contributed by atoms with E-state index in [2.05, 4.69) is 13.0 Å². The van der Waals surface area contributed by atoms with Crippen molar-refractivity contribution in [2.24, 2.45) is 5.73 Å². The molecular weight excluding hydrogens is 254 g/mol. The van der Waals surface area contributed by atoms with Gasteiger partial charge < -0.3 is 10.5 Å². The summed E-state index contributed by atoms with van der Waals surface area (Å²) in [5.74, 6) is 0.911. The monoisotopic (exact) mass is 273 g/mol. The van der Waals surface area contributed by atoms with Crippen molar-refractivity contribution in [3.63, 3.8) is 0 Å². The van der Waals surface area contributed by atoms with Gasteiger partial charge in [-0.3, -0.25) is 0 Å². The summed E-state index contributed by atoms with van der Waals surface area (Å²) < 4.78 is 5.06. The van der Waals surface area contributed by atoms with Crippen molar-refractivity contribution < 1.29 is 4.74 Å². The van der Waals surface area contributed by atoms with Crippen LogP contribution in [0.4, 0.5) is 0 Å². The summed E-state index contributed by atoms with van der Waals surface area (Å²) in [6.45, 7) is 2.84. The maximum absolute atomic E-state index is 6.23. The number of hydrogen-bond donors (Lipinski definition) is 1. The Hall–Kier alpha value is -0.220. The molecule has 1 aromatic rings. The molecule has 0 aromatic heterocycles. The van der Waals surface area contributed by atoms with Crippen molar-refractivity contribution in [2.75, 3.05) is 19.5 Å². The van der Waals surface area contributed by atoms with Crippen LogP contribution in [0.5, 0.6) is 0 Å². The van der Waals surface area contributed by atoms with Crippen LogP contribution in [0.15, 0.2) is 23.1 Å². The van der Waals surface area contributed by atoms with E-state index in [0.717, 1.165) is 35.1 Å². The number of methoxy groups -OCH3 is 1. The third kappa shape index (κ3) is 4.88. The van der Waals surface area contributed by atoms with Crippen molar-refractivity contribution >= 4 is 23.4 Å². The summed E-state index contributed by atoms with van der Waals surface area (Å²) in [6, 6.07) is 6.23. The molecule has 0 heterocycles. The van der Waals surface area contributed by atoms with E-state index < -0.39 is 0 Å². The molecule has 0 aliphatic heterocycles. The van der Waals surface area contributed by atoms with Crippen molar-refractivity contribution in [1.29, 1.82) is 0 Å². The summed E-state index contributed by atoms with van der Waals surface area (Å²) in [7, 11) is 1.71. The van der Waals surface area contributed by atoms with Gasteiger partial charge in [-0.05, 0) is 24.5 Å². The predicted molar refractivity (Wildman–Crippen MR) is 76.0 cm³/mol. The average molecular weight is 274 g/mol. The van der Waals surface area contributed by atoms with Crippen molar-refractivity contribution in [2.45, 2.75) is 30.7 Å². The van der Waals surface area contributed by atoms with Gasteiger partial charge in [-0.2, -0.15) is 0 Å². The highest BCUT2D eigenvalue weighted by atomic mass is 35.5. The van der Waals surface area contributed by atoms with Gasteiger partial charge in [0, 0.05) is 23.8 Å². The van der Waals surface area contributed by atoms with E-state index in [1.165, 1.54) is 5.56 Å². The fourth-order valence-electron chi connectivity index (χ4n) is 1.53. The Labute approximate surface area is 113 Å². The smallest absolute Gasteiger partial charge is 0.0556 e. The van der Waals surface area contributed by atoms with Crippen LogP contribution in [0.3, 0.4) is 0 Å². The molecule has 96 valence electrons. The molecule has 2 nitrogen and oxygen atoms in total. The molecular formula is C13H20ClNOS. The van der Waals surface area contributed by atoms with Gasteiger partial charge >= 0.3 is 0 Å². The zero-order valence-corrected chi connectivity index (χ0v) is 12.0. The van der Waals surface area contributed by atoms with Gasteiger partial charge in [0.2, 0.25) is 0 Å². The fraction of sp³-hybridized carbons (Fsp3) is 0.538. The highest BCUT2D eigenvalue weighted by molar-refractivity contribution is 7.99. The lowest BCUT2D eigenvalue weighted by molar-refractivity contribution is 0.218. The summed E-state index contributed by atoms with van der Waals surface area (Å²) in [6.07, 6.45) is 1.86. The standard InChI is InChI=1S/C13H20ClNOS/c1-3-11(15)9-10-5-4-6-12(14)13(10)17-8-7-16-2/h4-6,11H,3,7-9,15H2,1-2H3. The first-order valence-corrected chi connectivity index (χ1v) is 7.20.